The highest BCUT2D eigenvalue weighted by Crippen LogP contribution is 2.29. The number of imidazole rings is 1. The molecule has 1 aromatic heterocycles. The molecule has 0 radical (unpaired) electrons. The number of carbonyl (C=O) groups excluding carboxylic acids is 1. The molecule has 0 saturated carbocycles. The van der Waals surface area contributed by atoms with Gasteiger partial charge < -0.3 is 15.0 Å². The van der Waals surface area contributed by atoms with Crippen LogP contribution < -0.4 is 5.32 Å². The fourth-order valence-corrected chi connectivity index (χ4v) is 2.81. The van der Waals surface area contributed by atoms with Crippen molar-refractivity contribution in [2.24, 2.45) is 0 Å². The molecule has 1 atom stereocenters. The van der Waals surface area contributed by atoms with Crippen molar-refractivity contribution < 1.29 is 14.7 Å². The van der Waals surface area contributed by atoms with Crippen molar-refractivity contribution in [1.29, 1.82) is 0 Å². The van der Waals surface area contributed by atoms with Crippen molar-refractivity contribution >= 4 is 22.9 Å². The van der Waals surface area contributed by atoms with Crippen LogP contribution in [0.1, 0.15) is 48.4 Å². The van der Waals surface area contributed by atoms with E-state index in [1.165, 1.54) is 0 Å². The topological polar surface area (TPSA) is 84.2 Å². The number of amides is 1. The average Bonchev–Trinajstić information content (AvgIpc) is 3.00. The SMILES string of the molecule is CC(C)c1nc2cc(C(=O)O)ccc2n1C1CNC(=O)C1. The first-order valence-electron chi connectivity index (χ1n) is 6.99. The van der Waals surface area contributed by atoms with Gasteiger partial charge in [-0.25, -0.2) is 9.78 Å². The van der Waals surface area contributed by atoms with Crippen molar-refractivity contribution in [3.63, 3.8) is 0 Å². The molecule has 0 aliphatic carbocycles. The number of nitrogens with one attached hydrogen (secondary N) is 1. The number of fused-ring (bicyclic) bond motifs is 1. The number of rotatable bonds is 3. The molecule has 1 aliphatic heterocycles. The number of hydrogen-bond donors (Lipinski definition) is 2. The molecule has 1 saturated heterocycles. The van der Waals surface area contributed by atoms with Crippen molar-refractivity contribution in [3.05, 3.63) is 29.6 Å². The van der Waals surface area contributed by atoms with Gasteiger partial charge in [0.05, 0.1) is 22.6 Å². The third-order valence-electron chi connectivity index (χ3n) is 3.80. The summed E-state index contributed by atoms with van der Waals surface area (Å²) < 4.78 is 2.07. The number of aromatic carboxylic acids is 1. The fraction of sp³-hybridized carbons (Fsp3) is 0.400. The van der Waals surface area contributed by atoms with Crippen LogP contribution in [-0.2, 0) is 4.79 Å². The molecule has 1 fully saturated rings. The minimum Gasteiger partial charge on any atom is -0.478 e. The Bertz CT molecular complexity index is 733. The van der Waals surface area contributed by atoms with Crippen LogP contribution >= 0.6 is 0 Å². The van der Waals surface area contributed by atoms with Crippen LogP contribution in [0.25, 0.3) is 11.0 Å². The number of carboxylic acid groups (broad SMARTS) is 1. The van der Waals surface area contributed by atoms with E-state index in [0.29, 0.717) is 18.5 Å². The van der Waals surface area contributed by atoms with Gasteiger partial charge in [-0.05, 0) is 18.2 Å². The van der Waals surface area contributed by atoms with Crippen LogP contribution in [0.5, 0.6) is 0 Å². The second kappa shape index (κ2) is 4.87. The maximum Gasteiger partial charge on any atom is 0.335 e. The van der Waals surface area contributed by atoms with Crippen LogP contribution in [0.3, 0.4) is 0 Å². The van der Waals surface area contributed by atoms with E-state index in [2.05, 4.69) is 14.9 Å². The van der Waals surface area contributed by atoms with E-state index >= 15 is 0 Å². The maximum atomic E-state index is 11.5. The van der Waals surface area contributed by atoms with Gasteiger partial charge in [0.1, 0.15) is 5.82 Å². The minimum atomic E-state index is -0.963. The monoisotopic (exact) mass is 287 g/mol. The molecule has 2 aromatic rings. The summed E-state index contributed by atoms with van der Waals surface area (Å²) in [6.07, 6.45) is 0.436. The van der Waals surface area contributed by atoms with Crippen LogP contribution in [-0.4, -0.2) is 33.1 Å². The van der Waals surface area contributed by atoms with E-state index in [1.54, 1.807) is 18.2 Å². The minimum absolute atomic E-state index is 0.0376. The third-order valence-corrected chi connectivity index (χ3v) is 3.80. The molecular formula is C15H17N3O3. The first-order chi connectivity index (χ1) is 9.97. The molecular weight excluding hydrogens is 270 g/mol. The van der Waals surface area contributed by atoms with Gasteiger partial charge in [-0.2, -0.15) is 0 Å². The van der Waals surface area contributed by atoms with E-state index in [9.17, 15) is 9.59 Å². The van der Waals surface area contributed by atoms with Gasteiger partial charge in [-0.15, -0.1) is 0 Å². The molecule has 110 valence electrons. The lowest BCUT2D eigenvalue weighted by Crippen LogP contribution is -2.17. The highest BCUT2D eigenvalue weighted by atomic mass is 16.4. The summed E-state index contributed by atoms with van der Waals surface area (Å²) in [7, 11) is 0. The Labute approximate surface area is 121 Å². The quantitative estimate of drug-likeness (QED) is 0.903. The van der Waals surface area contributed by atoms with E-state index in [4.69, 9.17) is 5.11 Å². The molecule has 1 amide bonds. The first-order valence-corrected chi connectivity index (χ1v) is 6.99. The number of nitrogens with zero attached hydrogens (tertiary/aromatic N) is 2. The highest BCUT2D eigenvalue weighted by Gasteiger charge is 2.27. The van der Waals surface area contributed by atoms with Crippen LogP contribution in [0.4, 0.5) is 0 Å². The zero-order valence-electron chi connectivity index (χ0n) is 12.0. The summed E-state index contributed by atoms with van der Waals surface area (Å²) in [5.41, 5.74) is 1.77. The second-order valence-corrected chi connectivity index (χ2v) is 5.67. The Balaban J connectivity index is 2.18. The Morgan fingerprint density at radius 3 is 2.81 bits per heavy atom. The predicted molar refractivity (Wildman–Crippen MR) is 77.4 cm³/mol. The van der Waals surface area contributed by atoms with Gasteiger partial charge in [0, 0.05) is 18.9 Å². The smallest absolute Gasteiger partial charge is 0.335 e. The lowest BCUT2D eigenvalue weighted by molar-refractivity contribution is -0.119. The summed E-state index contributed by atoms with van der Waals surface area (Å²) in [6.45, 7) is 4.67. The van der Waals surface area contributed by atoms with Crippen molar-refractivity contribution in [2.45, 2.75) is 32.2 Å². The number of carbonyl (C=O) groups is 2. The van der Waals surface area contributed by atoms with E-state index in [1.807, 2.05) is 13.8 Å². The van der Waals surface area contributed by atoms with Crippen molar-refractivity contribution in [1.82, 2.24) is 14.9 Å². The number of aromatic nitrogens is 2. The molecule has 21 heavy (non-hydrogen) atoms. The molecule has 0 bridgehead atoms. The van der Waals surface area contributed by atoms with Gasteiger partial charge in [-0.1, -0.05) is 13.8 Å². The molecule has 1 aliphatic rings. The van der Waals surface area contributed by atoms with Crippen LogP contribution in [0.2, 0.25) is 0 Å². The normalized spacial score (nSPS) is 18.4. The summed E-state index contributed by atoms with van der Waals surface area (Å²) >= 11 is 0. The molecule has 3 rings (SSSR count). The highest BCUT2D eigenvalue weighted by molar-refractivity contribution is 5.92. The third kappa shape index (κ3) is 2.26. The Morgan fingerprint density at radius 1 is 1.48 bits per heavy atom. The Kier molecular flexibility index (Phi) is 3.16. The van der Waals surface area contributed by atoms with Gasteiger partial charge in [-0.3, -0.25) is 4.79 Å². The molecule has 6 nitrogen and oxygen atoms in total. The molecule has 2 heterocycles. The Hall–Kier alpha value is -2.37. The lowest BCUT2D eigenvalue weighted by Gasteiger charge is -2.16. The molecule has 1 aromatic carbocycles. The summed E-state index contributed by atoms with van der Waals surface area (Å²) in [5.74, 6) is 0.157. The van der Waals surface area contributed by atoms with Gasteiger partial charge in [0.25, 0.3) is 0 Å². The lowest BCUT2D eigenvalue weighted by atomic mass is 10.1. The molecule has 6 heteroatoms. The van der Waals surface area contributed by atoms with Crippen LogP contribution in [0.15, 0.2) is 18.2 Å². The largest absolute Gasteiger partial charge is 0.478 e. The standard InChI is InChI=1S/C15H17N3O3/c1-8(2)14-17-11-5-9(15(20)21)3-4-12(11)18(14)10-6-13(19)16-7-10/h3-5,8,10H,6-7H2,1-2H3,(H,16,19)(H,20,21). The maximum absolute atomic E-state index is 11.5. The van der Waals surface area contributed by atoms with Crippen molar-refractivity contribution in [3.8, 4) is 0 Å². The summed E-state index contributed by atoms with van der Waals surface area (Å²) in [5, 5.41) is 11.9. The van der Waals surface area contributed by atoms with E-state index in [0.717, 1.165) is 11.3 Å². The summed E-state index contributed by atoms with van der Waals surface area (Å²) in [6, 6.07) is 4.98. The van der Waals surface area contributed by atoms with E-state index in [-0.39, 0.29) is 23.4 Å². The average molecular weight is 287 g/mol. The van der Waals surface area contributed by atoms with Crippen LogP contribution in [0, 0.1) is 0 Å². The van der Waals surface area contributed by atoms with Gasteiger partial charge >= 0.3 is 5.97 Å². The van der Waals surface area contributed by atoms with E-state index < -0.39 is 5.97 Å². The molecule has 2 N–H and O–H groups in total. The van der Waals surface area contributed by atoms with Crippen molar-refractivity contribution in [2.75, 3.05) is 6.54 Å². The first kappa shape index (κ1) is 13.6. The van der Waals surface area contributed by atoms with Gasteiger partial charge in [0.2, 0.25) is 5.91 Å². The number of benzene rings is 1. The fourth-order valence-electron chi connectivity index (χ4n) is 2.81. The molecule has 0 spiro atoms. The number of hydrogen-bond acceptors (Lipinski definition) is 3. The summed E-state index contributed by atoms with van der Waals surface area (Å²) in [4.78, 5) is 27.2. The predicted octanol–water partition coefficient (Wildman–Crippen LogP) is 1.92. The zero-order chi connectivity index (χ0) is 15.1. The molecule has 1 unspecified atom stereocenters. The Morgan fingerprint density at radius 2 is 2.24 bits per heavy atom. The van der Waals surface area contributed by atoms with Gasteiger partial charge in [0.15, 0.2) is 0 Å². The number of carboxylic acids is 1. The zero-order valence-corrected chi connectivity index (χ0v) is 12.0. The second-order valence-electron chi connectivity index (χ2n) is 5.67.